The Morgan fingerprint density at radius 3 is 2.36 bits per heavy atom. The fourth-order valence-corrected chi connectivity index (χ4v) is 1.43. The lowest BCUT2D eigenvalue weighted by Gasteiger charge is -2.22. The predicted molar refractivity (Wildman–Crippen MR) is 77.4 cm³/mol. The van der Waals surface area contributed by atoms with Crippen LogP contribution in [-0.2, 0) is 9.53 Å². The number of ether oxygens (including phenoxy) is 2. The highest BCUT2D eigenvalue weighted by Gasteiger charge is 2.24. The molecule has 0 unspecified atom stereocenters. The maximum atomic E-state index is 11.6. The molecule has 7 nitrogen and oxygen atoms in total. The second kappa shape index (κ2) is 7.31. The van der Waals surface area contributed by atoms with E-state index < -0.39 is 23.7 Å². The van der Waals surface area contributed by atoms with Crippen LogP contribution in [0.5, 0.6) is 5.75 Å². The van der Waals surface area contributed by atoms with Crippen LogP contribution < -0.4 is 10.1 Å². The molecule has 0 saturated carbocycles. The minimum Gasteiger partial charge on any atom is -0.491 e. The molecule has 0 radical (unpaired) electrons. The number of hydrogen-bond acceptors (Lipinski definition) is 5. The van der Waals surface area contributed by atoms with E-state index in [1.54, 1.807) is 45.0 Å². The zero-order valence-corrected chi connectivity index (χ0v) is 12.6. The zero-order valence-electron chi connectivity index (χ0n) is 12.6. The lowest BCUT2D eigenvalue weighted by molar-refractivity contribution is -0.140. The van der Waals surface area contributed by atoms with Gasteiger partial charge in [0.2, 0.25) is 0 Å². The van der Waals surface area contributed by atoms with Crippen molar-refractivity contribution in [3.8, 4) is 11.8 Å². The molecule has 7 heteroatoms. The second-order valence-corrected chi connectivity index (χ2v) is 5.48. The van der Waals surface area contributed by atoms with Crippen molar-refractivity contribution < 1.29 is 24.2 Å². The number of amides is 1. The van der Waals surface area contributed by atoms with Crippen molar-refractivity contribution in [3.05, 3.63) is 29.8 Å². The van der Waals surface area contributed by atoms with Crippen LogP contribution in [0.2, 0.25) is 0 Å². The van der Waals surface area contributed by atoms with Crippen LogP contribution in [0.3, 0.4) is 0 Å². The van der Waals surface area contributed by atoms with Gasteiger partial charge in [0.15, 0.2) is 6.04 Å². The van der Waals surface area contributed by atoms with Gasteiger partial charge in [-0.25, -0.2) is 9.59 Å². The number of carbonyl (C=O) groups excluding carboxylic acids is 1. The monoisotopic (exact) mass is 306 g/mol. The predicted octanol–water partition coefficient (Wildman–Crippen LogP) is 1.91. The Balaban J connectivity index is 2.59. The van der Waals surface area contributed by atoms with Gasteiger partial charge in [0.1, 0.15) is 18.0 Å². The van der Waals surface area contributed by atoms with Gasteiger partial charge in [-0.05, 0) is 45.0 Å². The number of aliphatic carboxylic acids is 1. The summed E-state index contributed by atoms with van der Waals surface area (Å²) in [4.78, 5) is 22.7. The summed E-state index contributed by atoms with van der Waals surface area (Å²) in [6.07, 6.45) is -0.830. The van der Waals surface area contributed by atoms with Gasteiger partial charge in [-0.1, -0.05) is 0 Å². The molecular weight excluding hydrogens is 288 g/mol. The SMILES string of the molecule is CC(C)(C)OC(=O)N[C@@H](COc1ccc(C#N)cc1)C(=O)O. The number of nitrogens with one attached hydrogen (secondary N) is 1. The molecule has 0 aliphatic carbocycles. The summed E-state index contributed by atoms with van der Waals surface area (Å²) in [7, 11) is 0. The van der Waals surface area contributed by atoms with Crippen LogP contribution >= 0.6 is 0 Å². The molecule has 0 fully saturated rings. The second-order valence-electron chi connectivity index (χ2n) is 5.48. The Labute approximate surface area is 128 Å². The standard InChI is InChI=1S/C15H18N2O5/c1-15(2,3)22-14(20)17-12(13(18)19)9-21-11-6-4-10(8-16)5-7-11/h4-7,12H,9H2,1-3H3,(H,17,20)(H,18,19)/t12-/m0/s1. The van der Waals surface area contributed by atoms with Crippen molar-refractivity contribution >= 4 is 12.1 Å². The van der Waals surface area contributed by atoms with Crippen LogP contribution in [0.15, 0.2) is 24.3 Å². The molecule has 0 aliphatic heterocycles. The molecule has 1 amide bonds. The lowest BCUT2D eigenvalue weighted by atomic mass is 10.2. The first-order valence-corrected chi connectivity index (χ1v) is 6.56. The zero-order chi connectivity index (χ0) is 16.8. The molecule has 1 aromatic carbocycles. The summed E-state index contributed by atoms with van der Waals surface area (Å²) in [6.45, 7) is 4.77. The molecule has 0 spiro atoms. The molecule has 1 rings (SSSR count). The van der Waals surface area contributed by atoms with Crippen molar-refractivity contribution in [2.45, 2.75) is 32.4 Å². The van der Waals surface area contributed by atoms with E-state index in [1.165, 1.54) is 0 Å². The molecule has 0 saturated heterocycles. The topological polar surface area (TPSA) is 109 Å². The number of alkyl carbamates (subject to hydrolysis) is 1. The van der Waals surface area contributed by atoms with Crippen LogP contribution in [0.25, 0.3) is 0 Å². The van der Waals surface area contributed by atoms with Crippen molar-refractivity contribution in [2.24, 2.45) is 0 Å². The highest BCUT2D eigenvalue weighted by atomic mass is 16.6. The number of carbonyl (C=O) groups is 2. The highest BCUT2D eigenvalue weighted by molar-refractivity contribution is 5.80. The summed E-state index contributed by atoms with van der Waals surface area (Å²) < 4.78 is 10.3. The Kier molecular flexibility index (Phi) is 5.75. The van der Waals surface area contributed by atoms with E-state index in [0.717, 1.165) is 0 Å². The molecule has 22 heavy (non-hydrogen) atoms. The molecule has 0 aliphatic rings. The number of carboxylic acid groups (broad SMARTS) is 1. The van der Waals surface area contributed by atoms with Crippen molar-refractivity contribution in [1.29, 1.82) is 5.26 Å². The number of rotatable bonds is 5. The quantitative estimate of drug-likeness (QED) is 0.860. The summed E-state index contributed by atoms with van der Waals surface area (Å²) in [5.74, 6) is -0.837. The minimum atomic E-state index is -1.24. The van der Waals surface area contributed by atoms with Gasteiger partial charge in [-0.15, -0.1) is 0 Å². The molecule has 1 aromatic rings. The number of hydrogen-bond donors (Lipinski definition) is 2. The van der Waals surface area contributed by atoms with E-state index in [-0.39, 0.29) is 6.61 Å². The molecule has 2 N–H and O–H groups in total. The molecular formula is C15H18N2O5. The third-order valence-electron chi connectivity index (χ3n) is 2.39. The van der Waals surface area contributed by atoms with Gasteiger partial charge >= 0.3 is 12.1 Å². The van der Waals surface area contributed by atoms with Gasteiger partial charge in [0.05, 0.1) is 11.6 Å². The third-order valence-corrected chi connectivity index (χ3v) is 2.39. The molecule has 0 heterocycles. The van der Waals surface area contributed by atoms with Gasteiger partial charge in [-0.3, -0.25) is 0 Å². The first-order chi connectivity index (χ1) is 10.2. The molecule has 118 valence electrons. The number of nitriles is 1. The van der Waals surface area contributed by atoms with Crippen molar-refractivity contribution in [1.82, 2.24) is 5.32 Å². The van der Waals surface area contributed by atoms with E-state index in [4.69, 9.17) is 19.8 Å². The summed E-state index contributed by atoms with van der Waals surface area (Å²) in [5, 5.41) is 20.0. The smallest absolute Gasteiger partial charge is 0.408 e. The van der Waals surface area contributed by atoms with E-state index >= 15 is 0 Å². The normalized spacial score (nSPS) is 11.9. The largest absolute Gasteiger partial charge is 0.491 e. The van der Waals surface area contributed by atoms with Gasteiger partial charge in [-0.2, -0.15) is 5.26 Å². The Morgan fingerprint density at radius 2 is 1.91 bits per heavy atom. The highest BCUT2D eigenvalue weighted by Crippen LogP contribution is 2.12. The Bertz CT molecular complexity index is 569. The average molecular weight is 306 g/mol. The van der Waals surface area contributed by atoms with Crippen molar-refractivity contribution in [3.63, 3.8) is 0 Å². The third kappa shape index (κ3) is 6.13. The van der Waals surface area contributed by atoms with Crippen LogP contribution in [0, 0.1) is 11.3 Å². The van der Waals surface area contributed by atoms with E-state index in [1.807, 2.05) is 6.07 Å². The van der Waals surface area contributed by atoms with E-state index in [9.17, 15) is 9.59 Å². The first-order valence-electron chi connectivity index (χ1n) is 6.56. The number of nitrogens with zero attached hydrogens (tertiary/aromatic N) is 1. The van der Waals surface area contributed by atoms with Gasteiger partial charge in [0, 0.05) is 0 Å². The van der Waals surface area contributed by atoms with Crippen LogP contribution in [0.4, 0.5) is 4.79 Å². The lowest BCUT2D eigenvalue weighted by Crippen LogP contribution is -2.46. The van der Waals surface area contributed by atoms with Gasteiger partial charge in [0.25, 0.3) is 0 Å². The van der Waals surface area contributed by atoms with E-state index in [0.29, 0.717) is 11.3 Å². The van der Waals surface area contributed by atoms with Crippen LogP contribution in [0.1, 0.15) is 26.3 Å². The molecule has 0 bridgehead atoms. The van der Waals surface area contributed by atoms with E-state index in [2.05, 4.69) is 5.32 Å². The van der Waals surface area contributed by atoms with Crippen molar-refractivity contribution in [2.75, 3.05) is 6.61 Å². The number of benzene rings is 1. The fourth-order valence-electron chi connectivity index (χ4n) is 1.43. The molecule has 1 atom stereocenters. The maximum Gasteiger partial charge on any atom is 0.408 e. The summed E-state index contributed by atoms with van der Waals surface area (Å²) >= 11 is 0. The molecule has 0 aromatic heterocycles. The average Bonchev–Trinajstić information content (AvgIpc) is 2.41. The summed E-state index contributed by atoms with van der Waals surface area (Å²) in [5.41, 5.74) is -0.254. The Hall–Kier alpha value is -2.75. The van der Waals surface area contributed by atoms with Gasteiger partial charge < -0.3 is 19.9 Å². The minimum absolute atomic E-state index is 0.263. The first kappa shape index (κ1) is 17.3. The van der Waals surface area contributed by atoms with Crippen LogP contribution in [-0.4, -0.2) is 35.4 Å². The number of carboxylic acids is 1. The fraction of sp³-hybridized carbons (Fsp3) is 0.400. The summed E-state index contributed by atoms with van der Waals surface area (Å²) in [6, 6.07) is 6.91. The Morgan fingerprint density at radius 1 is 1.32 bits per heavy atom. The maximum absolute atomic E-state index is 11.6.